The first-order valence-corrected chi connectivity index (χ1v) is 6.59. The van der Waals surface area contributed by atoms with Crippen molar-refractivity contribution in [1.29, 1.82) is 0 Å². The van der Waals surface area contributed by atoms with Crippen LogP contribution in [0, 0.1) is 0 Å². The molecular weight excluding hydrogens is 216 g/mol. The maximum absolute atomic E-state index is 11.9. The number of ether oxygens (including phenoxy) is 1. The average molecular weight is 242 g/mol. The number of nitrogens with zero attached hydrogens (tertiary/aromatic N) is 2. The lowest BCUT2D eigenvalue weighted by atomic mass is 10.2. The Morgan fingerprint density at radius 3 is 2.41 bits per heavy atom. The van der Waals surface area contributed by atoms with Crippen molar-refractivity contribution < 1.29 is 9.53 Å². The Bertz CT molecular complexity index is 257. The Balaban J connectivity index is 2.47. The van der Waals surface area contributed by atoms with Crippen molar-refractivity contribution in [3.63, 3.8) is 0 Å². The predicted molar refractivity (Wildman–Crippen MR) is 69.1 cm³/mol. The molecule has 0 radical (unpaired) electrons. The van der Waals surface area contributed by atoms with Gasteiger partial charge in [0.05, 0.1) is 0 Å². The number of carbonyl (C=O) groups is 1. The standard InChI is InChI=1S/C13H26N2O2/c1-6-14(7-2)11-8-9-15(10-11)12(16)17-13(3,4)5/h11H,6-10H2,1-5H3. The summed E-state index contributed by atoms with van der Waals surface area (Å²) in [5.74, 6) is 0. The van der Waals surface area contributed by atoms with Crippen molar-refractivity contribution in [2.24, 2.45) is 0 Å². The highest BCUT2D eigenvalue weighted by molar-refractivity contribution is 5.68. The lowest BCUT2D eigenvalue weighted by Crippen LogP contribution is -2.40. The quantitative estimate of drug-likeness (QED) is 0.761. The van der Waals surface area contributed by atoms with Crippen LogP contribution in [0.25, 0.3) is 0 Å². The number of hydrogen-bond donors (Lipinski definition) is 0. The molecule has 1 rings (SSSR count). The number of likely N-dealkylation sites (tertiary alicyclic amines) is 1. The van der Waals surface area contributed by atoms with E-state index in [0.29, 0.717) is 6.04 Å². The van der Waals surface area contributed by atoms with Crippen molar-refractivity contribution in [1.82, 2.24) is 9.80 Å². The molecule has 17 heavy (non-hydrogen) atoms. The first-order valence-electron chi connectivity index (χ1n) is 6.59. The van der Waals surface area contributed by atoms with Gasteiger partial charge in [-0.15, -0.1) is 0 Å². The second-order valence-electron chi connectivity index (χ2n) is 5.59. The minimum Gasteiger partial charge on any atom is -0.444 e. The molecule has 1 amide bonds. The summed E-state index contributed by atoms with van der Waals surface area (Å²) in [5.41, 5.74) is -0.398. The predicted octanol–water partition coefficient (Wildman–Crippen LogP) is 2.34. The first-order chi connectivity index (χ1) is 7.87. The minimum atomic E-state index is -0.398. The molecule has 1 heterocycles. The Hall–Kier alpha value is -0.770. The maximum atomic E-state index is 11.9. The van der Waals surface area contributed by atoms with Crippen LogP contribution in [0.4, 0.5) is 4.79 Å². The molecule has 4 nitrogen and oxygen atoms in total. The second kappa shape index (κ2) is 5.71. The Labute approximate surface area is 105 Å². The van der Waals surface area contributed by atoms with Gasteiger partial charge in [0.15, 0.2) is 0 Å². The third-order valence-corrected chi connectivity index (χ3v) is 3.14. The normalized spacial score (nSPS) is 21.1. The van der Waals surface area contributed by atoms with Crippen molar-refractivity contribution in [2.75, 3.05) is 26.2 Å². The molecule has 0 bridgehead atoms. The molecule has 0 spiro atoms. The van der Waals surface area contributed by atoms with E-state index < -0.39 is 5.60 Å². The Kier molecular flexibility index (Phi) is 4.80. The monoisotopic (exact) mass is 242 g/mol. The summed E-state index contributed by atoms with van der Waals surface area (Å²) >= 11 is 0. The fourth-order valence-corrected chi connectivity index (χ4v) is 2.27. The molecule has 0 N–H and O–H groups in total. The Morgan fingerprint density at radius 1 is 1.35 bits per heavy atom. The summed E-state index contributed by atoms with van der Waals surface area (Å²) in [6.45, 7) is 13.8. The molecule has 4 heteroatoms. The number of likely N-dealkylation sites (N-methyl/N-ethyl adjacent to an activating group) is 1. The molecule has 1 saturated heterocycles. The average Bonchev–Trinajstić information content (AvgIpc) is 2.66. The van der Waals surface area contributed by atoms with Crippen LogP contribution in [0.2, 0.25) is 0 Å². The first kappa shape index (κ1) is 14.3. The van der Waals surface area contributed by atoms with Crippen LogP contribution in [0.15, 0.2) is 0 Å². The van der Waals surface area contributed by atoms with Gasteiger partial charge in [-0.05, 0) is 40.3 Å². The molecule has 0 aromatic rings. The van der Waals surface area contributed by atoms with Gasteiger partial charge in [0.1, 0.15) is 5.60 Å². The molecule has 1 fully saturated rings. The third kappa shape index (κ3) is 4.19. The van der Waals surface area contributed by atoms with Crippen LogP contribution >= 0.6 is 0 Å². The topological polar surface area (TPSA) is 32.8 Å². The molecule has 1 aliphatic rings. The van der Waals surface area contributed by atoms with Gasteiger partial charge in [0.2, 0.25) is 0 Å². The van der Waals surface area contributed by atoms with Gasteiger partial charge in [-0.1, -0.05) is 13.8 Å². The summed E-state index contributed by atoms with van der Waals surface area (Å²) in [6, 6.07) is 0.498. The van der Waals surface area contributed by atoms with Gasteiger partial charge in [0.25, 0.3) is 0 Å². The van der Waals surface area contributed by atoms with Gasteiger partial charge in [0, 0.05) is 19.1 Å². The number of hydrogen-bond acceptors (Lipinski definition) is 3. The zero-order chi connectivity index (χ0) is 13.1. The molecule has 0 saturated carbocycles. The van der Waals surface area contributed by atoms with Gasteiger partial charge in [-0.25, -0.2) is 4.79 Å². The van der Waals surface area contributed by atoms with Gasteiger partial charge in [-0.3, -0.25) is 4.90 Å². The van der Waals surface area contributed by atoms with Crippen LogP contribution < -0.4 is 0 Å². The molecule has 0 aromatic heterocycles. The van der Waals surface area contributed by atoms with Crippen LogP contribution in [-0.2, 0) is 4.74 Å². The van der Waals surface area contributed by atoms with Gasteiger partial charge < -0.3 is 9.64 Å². The highest BCUT2D eigenvalue weighted by Gasteiger charge is 2.31. The van der Waals surface area contributed by atoms with E-state index >= 15 is 0 Å². The van der Waals surface area contributed by atoms with E-state index in [9.17, 15) is 4.79 Å². The summed E-state index contributed by atoms with van der Waals surface area (Å²) in [4.78, 5) is 16.1. The molecule has 1 atom stereocenters. The minimum absolute atomic E-state index is 0.174. The lowest BCUT2D eigenvalue weighted by Gasteiger charge is -2.27. The third-order valence-electron chi connectivity index (χ3n) is 3.14. The van der Waals surface area contributed by atoms with E-state index in [-0.39, 0.29) is 6.09 Å². The molecule has 1 unspecified atom stereocenters. The number of carbonyl (C=O) groups excluding carboxylic acids is 1. The molecule has 1 aliphatic heterocycles. The fourth-order valence-electron chi connectivity index (χ4n) is 2.27. The Morgan fingerprint density at radius 2 is 1.94 bits per heavy atom. The number of amides is 1. The zero-order valence-corrected chi connectivity index (χ0v) is 11.8. The highest BCUT2D eigenvalue weighted by atomic mass is 16.6. The highest BCUT2D eigenvalue weighted by Crippen LogP contribution is 2.18. The van der Waals surface area contributed by atoms with E-state index in [0.717, 1.165) is 32.6 Å². The summed E-state index contributed by atoms with van der Waals surface area (Å²) in [6.07, 6.45) is 0.883. The molecule has 100 valence electrons. The van der Waals surface area contributed by atoms with E-state index in [1.165, 1.54) is 0 Å². The second-order valence-corrected chi connectivity index (χ2v) is 5.59. The van der Waals surface area contributed by atoms with Crippen LogP contribution in [0.1, 0.15) is 41.0 Å². The molecule has 0 aromatic carbocycles. The SMILES string of the molecule is CCN(CC)C1CCN(C(=O)OC(C)(C)C)C1. The molecular formula is C13H26N2O2. The van der Waals surface area contributed by atoms with Crippen molar-refractivity contribution in [2.45, 2.75) is 52.7 Å². The zero-order valence-electron chi connectivity index (χ0n) is 11.8. The van der Waals surface area contributed by atoms with Gasteiger partial charge in [-0.2, -0.15) is 0 Å². The van der Waals surface area contributed by atoms with Gasteiger partial charge >= 0.3 is 6.09 Å². The number of rotatable bonds is 3. The molecule has 0 aliphatic carbocycles. The van der Waals surface area contributed by atoms with E-state index in [1.807, 2.05) is 25.7 Å². The smallest absolute Gasteiger partial charge is 0.410 e. The maximum Gasteiger partial charge on any atom is 0.410 e. The van der Waals surface area contributed by atoms with E-state index in [4.69, 9.17) is 4.74 Å². The lowest BCUT2D eigenvalue weighted by molar-refractivity contribution is 0.0281. The fraction of sp³-hybridized carbons (Fsp3) is 0.923. The summed E-state index contributed by atoms with van der Waals surface area (Å²) in [5, 5.41) is 0. The summed E-state index contributed by atoms with van der Waals surface area (Å²) < 4.78 is 5.39. The summed E-state index contributed by atoms with van der Waals surface area (Å²) in [7, 11) is 0. The van der Waals surface area contributed by atoms with E-state index in [2.05, 4.69) is 18.7 Å². The largest absolute Gasteiger partial charge is 0.444 e. The van der Waals surface area contributed by atoms with Crippen molar-refractivity contribution in [3.8, 4) is 0 Å². The van der Waals surface area contributed by atoms with Crippen molar-refractivity contribution in [3.05, 3.63) is 0 Å². The van der Waals surface area contributed by atoms with Crippen molar-refractivity contribution >= 4 is 6.09 Å². The van der Waals surface area contributed by atoms with Crippen LogP contribution in [0.5, 0.6) is 0 Å². The van der Waals surface area contributed by atoms with Crippen LogP contribution in [-0.4, -0.2) is 53.7 Å². The van der Waals surface area contributed by atoms with E-state index in [1.54, 1.807) is 0 Å². The van der Waals surface area contributed by atoms with Crippen LogP contribution in [0.3, 0.4) is 0 Å².